The summed E-state index contributed by atoms with van der Waals surface area (Å²) in [5.74, 6) is -0.966. The highest BCUT2D eigenvalue weighted by Gasteiger charge is 2.38. The van der Waals surface area contributed by atoms with Crippen LogP contribution in [0.1, 0.15) is 54.1 Å². The standard InChI is InChI=1S/C17H25N3O3S/c1-5-20-9-13(18-19-20)6-7-14(17(3,4)16(22)23)15-8-12(10-21)11(2)24-15/h8-9,14,21H,5-7,10H2,1-4H3,(H,22,23)/t14-/m0/s1. The van der Waals surface area contributed by atoms with Gasteiger partial charge in [-0.25, -0.2) is 0 Å². The molecule has 0 aliphatic rings. The van der Waals surface area contributed by atoms with Crippen LogP contribution in [0.3, 0.4) is 0 Å². The summed E-state index contributed by atoms with van der Waals surface area (Å²) in [6, 6.07) is 1.94. The molecule has 0 saturated carbocycles. The molecule has 0 aliphatic heterocycles. The Morgan fingerprint density at radius 3 is 2.67 bits per heavy atom. The highest BCUT2D eigenvalue weighted by Crippen LogP contribution is 2.43. The molecule has 7 heteroatoms. The molecule has 2 aromatic heterocycles. The molecule has 0 spiro atoms. The molecule has 0 unspecified atom stereocenters. The minimum atomic E-state index is -0.898. The Hall–Kier alpha value is -1.73. The van der Waals surface area contributed by atoms with E-state index in [1.807, 2.05) is 26.1 Å². The molecule has 2 heterocycles. The number of carboxylic acids is 1. The lowest BCUT2D eigenvalue weighted by molar-refractivity contribution is -0.148. The largest absolute Gasteiger partial charge is 0.481 e. The number of aliphatic hydroxyl groups is 1. The molecule has 0 aromatic carbocycles. The van der Waals surface area contributed by atoms with Crippen molar-refractivity contribution in [3.63, 3.8) is 0 Å². The van der Waals surface area contributed by atoms with E-state index in [0.29, 0.717) is 12.8 Å². The number of aryl methyl sites for hydroxylation is 3. The predicted octanol–water partition coefficient (Wildman–Crippen LogP) is 2.99. The monoisotopic (exact) mass is 351 g/mol. The van der Waals surface area contributed by atoms with E-state index in [1.54, 1.807) is 29.9 Å². The highest BCUT2D eigenvalue weighted by molar-refractivity contribution is 7.12. The summed E-state index contributed by atoms with van der Waals surface area (Å²) in [5, 5.41) is 27.3. The van der Waals surface area contributed by atoms with E-state index in [9.17, 15) is 15.0 Å². The second-order valence-electron chi connectivity index (χ2n) is 6.57. The van der Waals surface area contributed by atoms with Gasteiger partial charge in [0.2, 0.25) is 0 Å². The van der Waals surface area contributed by atoms with Crippen molar-refractivity contribution in [2.75, 3.05) is 0 Å². The van der Waals surface area contributed by atoms with Crippen molar-refractivity contribution in [1.29, 1.82) is 0 Å². The number of aromatic nitrogens is 3. The minimum absolute atomic E-state index is 0.0205. The molecular formula is C17H25N3O3S. The smallest absolute Gasteiger partial charge is 0.309 e. The number of hydrogen-bond donors (Lipinski definition) is 2. The second-order valence-corrected chi connectivity index (χ2v) is 7.86. The minimum Gasteiger partial charge on any atom is -0.481 e. The molecular weight excluding hydrogens is 326 g/mol. The van der Waals surface area contributed by atoms with E-state index in [-0.39, 0.29) is 12.5 Å². The number of rotatable bonds is 8. The first-order chi connectivity index (χ1) is 11.3. The number of hydrogen-bond acceptors (Lipinski definition) is 5. The van der Waals surface area contributed by atoms with Crippen molar-refractivity contribution in [1.82, 2.24) is 15.0 Å². The van der Waals surface area contributed by atoms with E-state index >= 15 is 0 Å². The maximum Gasteiger partial charge on any atom is 0.309 e. The lowest BCUT2D eigenvalue weighted by atomic mass is 9.75. The van der Waals surface area contributed by atoms with Gasteiger partial charge in [-0.05, 0) is 52.2 Å². The van der Waals surface area contributed by atoms with E-state index in [4.69, 9.17) is 0 Å². The Morgan fingerprint density at radius 1 is 1.46 bits per heavy atom. The molecule has 0 saturated heterocycles. The van der Waals surface area contributed by atoms with Crippen molar-refractivity contribution < 1.29 is 15.0 Å². The number of aliphatic hydroxyl groups excluding tert-OH is 1. The molecule has 0 fully saturated rings. The summed E-state index contributed by atoms with van der Waals surface area (Å²) in [5.41, 5.74) is 0.849. The fraction of sp³-hybridized carbons (Fsp3) is 0.588. The summed E-state index contributed by atoms with van der Waals surface area (Å²) in [6.07, 6.45) is 3.25. The number of aliphatic carboxylic acids is 1. The van der Waals surface area contributed by atoms with E-state index < -0.39 is 11.4 Å². The normalized spacial score (nSPS) is 13.2. The Kier molecular flexibility index (Phi) is 5.77. The molecule has 1 atom stereocenters. The van der Waals surface area contributed by atoms with Gasteiger partial charge in [0.25, 0.3) is 0 Å². The van der Waals surface area contributed by atoms with Crippen molar-refractivity contribution in [2.24, 2.45) is 5.41 Å². The Labute approximate surface area is 146 Å². The topological polar surface area (TPSA) is 88.2 Å². The van der Waals surface area contributed by atoms with Gasteiger partial charge in [-0.15, -0.1) is 16.4 Å². The second kappa shape index (κ2) is 7.44. The molecule has 6 nitrogen and oxygen atoms in total. The summed E-state index contributed by atoms with van der Waals surface area (Å²) in [4.78, 5) is 13.8. The first kappa shape index (κ1) is 18.6. The van der Waals surface area contributed by atoms with Crippen molar-refractivity contribution in [3.05, 3.63) is 33.3 Å². The van der Waals surface area contributed by atoms with Crippen LogP contribution in [0.15, 0.2) is 12.3 Å². The molecule has 0 aliphatic carbocycles. The summed E-state index contributed by atoms with van der Waals surface area (Å²) >= 11 is 1.57. The predicted molar refractivity (Wildman–Crippen MR) is 93.2 cm³/mol. The van der Waals surface area contributed by atoms with E-state index in [1.165, 1.54) is 0 Å². The first-order valence-corrected chi connectivity index (χ1v) is 8.93. The Morgan fingerprint density at radius 2 is 2.17 bits per heavy atom. The fourth-order valence-electron chi connectivity index (χ4n) is 2.78. The highest BCUT2D eigenvalue weighted by atomic mass is 32.1. The fourth-order valence-corrected chi connectivity index (χ4v) is 4.15. The van der Waals surface area contributed by atoms with E-state index in [0.717, 1.165) is 27.6 Å². The maximum atomic E-state index is 11.8. The van der Waals surface area contributed by atoms with Gasteiger partial charge in [-0.1, -0.05) is 5.21 Å². The van der Waals surface area contributed by atoms with Crippen LogP contribution in [0.4, 0.5) is 0 Å². The number of thiophene rings is 1. The number of carboxylic acid groups (broad SMARTS) is 1. The maximum absolute atomic E-state index is 11.8. The molecule has 2 aromatic rings. The molecule has 0 radical (unpaired) electrons. The summed E-state index contributed by atoms with van der Waals surface area (Å²) in [6.45, 7) is 8.22. The van der Waals surface area contributed by atoms with Gasteiger partial charge < -0.3 is 10.2 Å². The van der Waals surface area contributed by atoms with Crippen LogP contribution in [0, 0.1) is 12.3 Å². The van der Waals surface area contributed by atoms with Crippen LogP contribution < -0.4 is 0 Å². The lowest BCUT2D eigenvalue weighted by Gasteiger charge is -2.29. The molecule has 24 heavy (non-hydrogen) atoms. The first-order valence-electron chi connectivity index (χ1n) is 8.12. The third-order valence-electron chi connectivity index (χ3n) is 4.58. The molecule has 0 bridgehead atoms. The SMILES string of the molecule is CCn1cc(CC[C@@H](c2cc(CO)c(C)s2)C(C)(C)C(=O)O)nn1. The lowest BCUT2D eigenvalue weighted by Crippen LogP contribution is -2.31. The van der Waals surface area contributed by atoms with Gasteiger partial charge >= 0.3 is 5.97 Å². The average Bonchev–Trinajstić information content (AvgIpc) is 3.13. The Bertz CT molecular complexity index is 706. The van der Waals surface area contributed by atoms with Gasteiger partial charge in [-0.2, -0.15) is 0 Å². The molecule has 2 N–H and O–H groups in total. The van der Waals surface area contributed by atoms with Crippen molar-refractivity contribution >= 4 is 17.3 Å². The zero-order valence-corrected chi connectivity index (χ0v) is 15.4. The number of nitrogens with zero attached hydrogens (tertiary/aromatic N) is 3. The Balaban J connectivity index is 2.27. The van der Waals surface area contributed by atoms with Gasteiger partial charge in [-0.3, -0.25) is 9.48 Å². The molecule has 0 amide bonds. The average molecular weight is 351 g/mol. The van der Waals surface area contributed by atoms with Gasteiger partial charge in [0, 0.05) is 28.4 Å². The van der Waals surface area contributed by atoms with Gasteiger partial charge in [0.1, 0.15) is 0 Å². The van der Waals surface area contributed by atoms with Crippen LogP contribution in [0.25, 0.3) is 0 Å². The quantitative estimate of drug-likeness (QED) is 0.763. The van der Waals surface area contributed by atoms with Crippen LogP contribution in [-0.4, -0.2) is 31.2 Å². The third kappa shape index (κ3) is 3.84. The van der Waals surface area contributed by atoms with E-state index in [2.05, 4.69) is 10.3 Å². The van der Waals surface area contributed by atoms with Crippen LogP contribution in [0.2, 0.25) is 0 Å². The zero-order chi connectivity index (χ0) is 17.9. The van der Waals surface area contributed by atoms with Crippen molar-refractivity contribution in [2.45, 2.75) is 59.6 Å². The molecule has 2 rings (SSSR count). The van der Waals surface area contributed by atoms with Crippen LogP contribution >= 0.6 is 11.3 Å². The number of carbonyl (C=O) groups is 1. The third-order valence-corrected chi connectivity index (χ3v) is 5.78. The van der Waals surface area contributed by atoms with Crippen molar-refractivity contribution in [3.8, 4) is 0 Å². The summed E-state index contributed by atoms with van der Waals surface area (Å²) < 4.78 is 1.77. The van der Waals surface area contributed by atoms with Crippen LogP contribution in [-0.2, 0) is 24.4 Å². The van der Waals surface area contributed by atoms with Gasteiger partial charge in [0.15, 0.2) is 0 Å². The summed E-state index contributed by atoms with van der Waals surface area (Å²) in [7, 11) is 0. The zero-order valence-electron chi connectivity index (χ0n) is 14.6. The molecule has 132 valence electrons. The van der Waals surface area contributed by atoms with Gasteiger partial charge in [0.05, 0.1) is 17.7 Å². The van der Waals surface area contributed by atoms with Crippen LogP contribution in [0.5, 0.6) is 0 Å².